The van der Waals surface area contributed by atoms with Gasteiger partial charge in [0.25, 0.3) is 0 Å². The molecule has 0 unspecified atom stereocenters. The molecule has 0 aliphatic heterocycles. The molecule has 0 fully saturated rings. The second-order valence-corrected chi connectivity index (χ2v) is 5.03. The fraction of sp³-hybridized carbons (Fsp3) is 0.235. The number of aryl methyl sites for hydroxylation is 2. The van der Waals surface area contributed by atoms with Gasteiger partial charge in [0.1, 0.15) is 5.82 Å². The Labute approximate surface area is 123 Å². The fourth-order valence-corrected chi connectivity index (χ4v) is 2.63. The minimum atomic E-state index is 0.853. The Morgan fingerprint density at radius 2 is 2.24 bits per heavy atom. The predicted octanol–water partition coefficient (Wildman–Crippen LogP) is 3.66. The van der Waals surface area contributed by atoms with Gasteiger partial charge in [0.05, 0.1) is 16.6 Å². The molecule has 0 spiro atoms. The van der Waals surface area contributed by atoms with Gasteiger partial charge in [-0.1, -0.05) is 6.08 Å². The summed E-state index contributed by atoms with van der Waals surface area (Å²) in [5, 5.41) is 1.10. The summed E-state index contributed by atoms with van der Waals surface area (Å²) in [4.78, 5) is 13.2. The average Bonchev–Trinajstić information content (AvgIpc) is 2.85. The number of imidazole rings is 1. The lowest BCUT2D eigenvalue weighted by atomic mass is 10.2. The molecule has 4 nitrogen and oxygen atoms in total. The van der Waals surface area contributed by atoms with Gasteiger partial charge < -0.3 is 4.57 Å². The SMILES string of the molecule is C=N/C(=C\C)CCc1nc2c3cccnc3ccc2n1C. The van der Waals surface area contributed by atoms with Gasteiger partial charge in [0.15, 0.2) is 0 Å². The molecule has 1 aromatic carbocycles. The van der Waals surface area contributed by atoms with Crippen molar-refractivity contribution in [2.45, 2.75) is 19.8 Å². The highest BCUT2D eigenvalue weighted by molar-refractivity contribution is 6.02. The highest BCUT2D eigenvalue weighted by Gasteiger charge is 2.11. The quantitative estimate of drug-likeness (QED) is 0.683. The molecule has 0 aliphatic carbocycles. The predicted molar refractivity (Wildman–Crippen MR) is 87.6 cm³/mol. The summed E-state index contributed by atoms with van der Waals surface area (Å²) in [5.41, 5.74) is 4.15. The molecule has 0 atom stereocenters. The molecule has 2 heterocycles. The monoisotopic (exact) mass is 278 g/mol. The lowest BCUT2D eigenvalue weighted by molar-refractivity contribution is 0.779. The van der Waals surface area contributed by atoms with Crippen LogP contribution in [-0.2, 0) is 13.5 Å². The number of aliphatic imine (C=N–C) groups is 1. The second-order valence-electron chi connectivity index (χ2n) is 5.03. The van der Waals surface area contributed by atoms with Crippen molar-refractivity contribution in [2.75, 3.05) is 0 Å². The van der Waals surface area contributed by atoms with Crippen molar-refractivity contribution in [3.63, 3.8) is 0 Å². The zero-order chi connectivity index (χ0) is 14.8. The van der Waals surface area contributed by atoms with E-state index in [4.69, 9.17) is 4.98 Å². The Kier molecular flexibility index (Phi) is 3.52. The molecule has 3 rings (SSSR count). The summed E-state index contributed by atoms with van der Waals surface area (Å²) in [5.74, 6) is 1.06. The largest absolute Gasteiger partial charge is 0.331 e. The topological polar surface area (TPSA) is 43.1 Å². The third-order valence-corrected chi connectivity index (χ3v) is 3.87. The highest BCUT2D eigenvalue weighted by atomic mass is 15.1. The van der Waals surface area contributed by atoms with Crippen molar-refractivity contribution in [3.8, 4) is 0 Å². The van der Waals surface area contributed by atoms with Crippen LogP contribution < -0.4 is 0 Å². The van der Waals surface area contributed by atoms with Crippen LogP contribution in [0.15, 0.2) is 47.2 Å². The first kappa shape index (κ1) is 13.5. The maximum Gasteiger partial charge on any atom is 0.110 e. The first-order valence-electron chi connectivity index (χ1n) is 7.05. The van der Waals surface area contributed by atoms with Gasteiger partial charge in [0, 0.05) is 30.7 Å². The van der Waals surface area contributed by atoms with Crippen LogP contribution in [-0.4, -0.2) is 21.3 Å². The van der Waals surface area contributed by atoms with Crippen molar-refractivity contribution in [3.05, 3.63) is 48.1 Å². The van der Waals surface area contributed by atoms with Crippen molar-refractivity contribution < 1.29 is 0 Å². The standard InChI is InChI=1S/C17H18N4/c1-4-12(18-2)7-10-16-20-17-13-6-5-11-19-14(13)8-9-15(17)21(16)3/h4-6,8-9,11H,2,7,10H2,1,3H3/b12-4-. The zero-order valence-electron chi connectivity index (χ0n) is 12.4. The maximum absolute atomic E-state index is 4.81. The molecule has 0 saturated carbocycles. The molecule has 0 radical (unpaired) electrons. The zero-order valence-corrected chi connectivity index (χ0v) is 12.4. The van der Waals surface area contributed by atoms with Crippen LogP contribution in [0, 0.1) is 0 Å². The number of aromatic nitrogens is 3. The first-order valence-corrected chi connectivity index (χ1v) is 7.05. The van der Waals surface area contributed by atoms with Gasteiger partial charge >= 0.3 is 0 Å². The molecule has 3 aromatic rings. The van der Waals surface area contributed by atoms with Crippen molar-refractivity contribution >= 4 is 28.7 Å². The smallest absolute Gasteiger partial charge is 0.110 e. The van der Waals surface area contributed by atoms with E-state index in [9.17, 15) is 0 Å². The van der Waals surface area contributed by atoms with E-state index in [0.29, 0.717) is 0 Å². The first-order chi connectivity index (χ1) is 10.2. The number of allylic oxidation sites excluding steroid dienone is 2. The molecule has 0 aliphatic rings. The van der Waals surface area contributed by atoms with Crippen LogP contribution in [0.3, 0.4) is 0 Å². The molecular formula is C17H18N4. The van der Waals surface area contributed by atoms with Crippen LogP contribution >= 0.6 is 0 Å². The van der Waals surface area contributed by atoms with Crippen LogP contribution in [0.4, 0.5) is 0 Å². The van der Waals surface area contributed by atoms with Crippen molar-refractivity contribution in [1.82, 2.24) is 14.5 Å². The Balaban J connectivity index is 2.06. The molecule has 0 N–H and O–H groups in total. The third kappa shape index (κ3) is 2.33. The number of hydrogen-bond donors (Lipinski definition) is 0. The van der Waals surface area contributed by atoms with Crippen LogP contribution in [0.5, 0.6) is 0 Å². The number of benzene rings is 1. The highest BCUT2D eigenvalue weighted by Crippen LogP contribution is 2.24. The summed E-state index contributed by atoms with van der Waals surface area (Å²) in [6, 6.07) is 8.16. The van der Waals surface area contributed by atoms with Crippen LogP contribution in [0.25, 0.3) is 21.9 Å². The lowest BCUT2D eigenvalue weighted by Crippen LogP contribution is -1.98. The van der Waals surface area contributed by atoms with Gasteiger partial charge in [0.2, 0.25) is 0 Å². The Morgan fingerprint density at radius 3 is 3.00 bits per heavy atom. The van der Waals surface area contributed by atoms with Gasteiger partial charge in [-0.2, -0.15) is 0 Å². The maximum atomic E-state index is 4.81. The van der Waals surface area contributed by atoms with Gasteiger partial charge in [-0.25, -0.2) is 4.98 Å². The second kappa shape index (κ2) is 5.48. The van der Waals surface area contributed by atoms with E-state index < -0.39 is 0 Å². The number of fused-ring (bicyclic) bond motifs is 3. The van der Waals surface area contributed by atoms with Gasteiger partial charge in [-0.15, -0.1) is 0 Å². The van der Waals surface area contributed by atoms with Crippen molar-refractivity contribution in [2.24, 2.45) is 12.0 Å². The molecule has 0 saturated heterocycles. The fourth-order valence-electron chi connectivity index (χ4n) is 2.63. The van der Waals surface area contributed by atoms with Crippen LogP contribution in [0.1, 0.15) is 19.2 Å². The van der Waals surface area contributed by atoms with E-state index in [0.717, 1.165) is 46.3 Å². The Hall–Kier alpha value is -2.49. The lowest BCUT2D eigenvalue weighted by Gasteiger charge is -2.02. The molecular weight excluding hydrogens is 260 g/mol. The average molecular weight is 278 g/mol. The summed E-state index contributed by atoms with van der Waals surface area (Å²) < 4.78 is 2.15. The van der Waals surface area contributed by atoms with Gasteiger partial charge in [-0.05, 0) is 44.3 Å². The van der Waals surface area contributed by atoms with Crippen molar-refractivity contribution in [1.29, 1.82) is 0 Å². The van der Waals surface area contributed by atoms with E-state index in [1.54, 1.807) is 0 Å². The summed E-state index contributed by atoms with van der Waals surface area (Å²) in [6.07, 6.45) is 5.51. The van der Waals surface area contributed by atoms with Crippen LogP contribution in [0.2, 0.25) is 0 Å². The minimum absolute atomic E-state index is 0.853. The molecule has 4 heteroatoms. The molecule has 0 bridgehead atoms. The Bertz CT molecular complexity index is 842. The normalized spacial score (nSPS) is 12.2. The summed E-state index contributed by atoms with van der Waals surface area (Å²) in [6.45, 7) is 5.58. The number of hydrogen-bond acceptors (Lipinski definition) is 3. The molecule has 106 valence electrons. The van der Waals surface area contributed by atoms with E-state index in [2.05, 4.69) is 40.4 Å². The summed E-state index contributed by atoms with van der Waals surface area (Å²) >= 11 is 0. The minimum Gasteiger partial charge on any atom is -0.331 e. The number of nitrogens with zero attached hydrogens (tertiary/aromatic N) is 4. The number of rotatable bonds is 4. The van der Waals surface area contributed by atoms with E-state index in [1.165, 1.54) is 0 Å². The molecule has 0 amide bonds. The summed E-state index contributed by atoms with van der Waals surface area (Å²) in [7, 11) is 2.06. The Morgan fingerprint density at radius 1 is 1.38 bits per heavy atom. The van der Waals surface area contributed by atoms with Gasteiger partial charge in [-0.3, -0.25) is 9.98 Å². The number of pyridine rings is 1. The molecule has 2 aromatic heterocycles. The molecule has 21 heavy (non-hydrogen) atoms. The third-order valence-electron chi connectivity index (χ3n) is 3.87. The van der Waals surface area contributed by atoms with E-state index >= 15 is 0 Å². The van der Waals surface area contributed by atoms with E-state index in [-0.39, 0.29) is 0 Å². The van der Waals surface area contributed by atoms with E-state index in [1.807, 2.05) is 31.3 Å².